The molecule has 0 radical (unpaired) electrons. The van der Waals surface area contributed by atoms with Crippen LogP contribution in [0, 0.1) is 0 Å². The summed E-state index contributed by atoms with van der Waals surface area (Å²) in [5.74, 6) is 1.09. The number of nitrogens with one attached hydrogen (secondary N) is 1. The second-order valence-electron chi connectivity index (χ2n) is 7.73. The summed E-state index contributed by atoms with van der Waals surface area (Å²) in [4.78, 5) is 31.4. The topological polar surface area (TPSA) is 109 Å². The van der Waals surface area contributed by atoms with Gasteiger partial charge in [-0.1, -0.05) is 11.6 Å². The van der Waals surface area contributed by atoms with Gasteiger partial charge in [0.25, 0.3) is 5.91 Å². The number of amides is 3. The number of carbonyl (C=O) groups is 2. The molecule has 3 aromatic rings. The van der Waals surface area contributed by atoms with Gasteiger partial charge in [0, 0.05) is 7.05 Å². The van der Waals surface area contributed by atoms with Crippen LogP contribution in [0.5, 0.6) is 0 Å². The Hall–Kier alpha value is -2.98. The lowest BCUT2D eigenvalue weighted by Crippen LogP contribution is -2.31. The number of urea groups is 1. The molecule has 1 N–H and O–H groups in total. The summed E-state index contributed by atoms with van der Waals surface area (Å²) >= 11 is 11.9. The average molecular weight is 461 g/mol. The van der Waals surface area contributed by atoms with Crippen LogP contribution in [-0.4, -0.2) is 55.2 Å². The van der Waals surface area contributed by atoms with E-state index in [-0.39, 0.29) is 35.0 Å². The third-order valence-electron chi connectivity index (χ3n) is 5.51. The Bertz CT molecular complexity index is 1230. The van der Waals surface area contributed by atoms with Gasteiger partial charge in [0.2, 0.25) is 5.28 Å². The van der Waals surface area contributed by atoms with Crippen molar-refractivity contribution >= 4 is 52.3 Å². The zero-order chi connectivity index (χ0) is 21.9. The first-order chi connectivity index (χ1) is 14.8. The molecule has 0 spiro atoms. The second kappa shape index (κ2) is 7.31. The number of imide groups is 1. The minimum Gasteiger partial charge on any atom is -0.359 e. The molecule has 1 aliphatic carbocycles. The fraction of sp³-hybridized carbons (Fsp3) is 0.368. The molecule has 160 valence electrons. The molecule has 4 heterocycles. The van der Waals surface area contributed by atoms with E-state index < -0.39 is 0 Å². The van der Waals surface area contributed by atoms with E-state index in [9.17, 15) is 9.59 Å². The summed E-state index contributed by atoms with van der Waals surface area (Å²) in [5, 5.41) is 15.3. The van der Waals surface area contributed by atoms with Crippen molar-refractivity contribution in [2.75, 3.05) is 23.8 Å². The first-order valence-electron chi connectivity index (χ1n) is 9.75. The van der Waals surface area contributed by atoms with Gasteiger partial charge in [-0.2, -0.15) is 10.1 Å². The number of halogens is 2. The van der Waals surface area contributed by atoms with E-state index in [1.54, 1.807) is 4.52 Å². The van der Waals surface area contributed by atoms with Crippen LogP contribution in [0.2, 0.25) is 10.4 Å². The van der Waals surface area contributed by atoms with Gasteiger partial charge in [-0.15, -0.1) is 10.2 Å². The molecule has 1 atom stereocenters. The molecule has 0 bridgehead atoms. The first-order valence-corrected chi connectivity index (χ1v) is 10.5. The number of likely N-dealkylation sites (N-methyl/N-ethyl adjacent to an activating group) is 1. The van der Waals surface area contributed by atoms with E-state index >= 15 is 0 Å². The minimum atomic E-state index is -0.365. The maximum absolute atomic E-state index is 12.6. The van der Waals surface area contributed by atoms with Gasteiger partial charge >= 0.3 is 6.03 Å². The summed E-state index contributed by atoms with van der Waals surface area (Å²) in [7, 11) is 1.48. The molecule has 0 aromatic carbocycles. The van der Waals surface area contributed by atoms with Crippen molar-refractivity contribution in [3.8, 4) is 0 Å². The summed E-state index contributed by atoms with van der Waals surface area (Å²) in [6.07, 6.45) is 2.22. The minimum absolute atomic E-state index is 0.0116. The standard InChI is InChI=1S/C19H18Cl2N8O2/c1-9(22-17-16(20)24-25-18(21)23-17)13-7-12-5-11(10-3-4-10)6-14(29(12)26-13)28-8-15(30)27(2)19(28)31/h5-7,9-10H,3-4,8H2,1-2H3,(H,22,23,25)/t9-/m1/s1. The Morgan fingerprint density at radius 2 is 1.94 bits per heavy atom. The third-order valence-corrected chi connectivity index (χ3v) is 5.93. The first kappa shape index (κ1) is 20.0. The molecule has 1 saturated heterocycles. The van der Waals surface area contributed by atoms with Crippen LogP contribution in [-0.2, 0) is 4.79 Å². The molecule has 2 fully saturated rings. The van der Waals surface area contributed by atoms with Crippen LogP contribution < -0.4 is 10.2 Å². The zero-order valence-electron chi connectivity index (χ0n) is 16.7. The van der Waals surface area contributed by atoms with E-state index in [0.717, 1.165) is 28.8 Å². The van der Waals surface area contributed by atoms with E-state index in [1.165, 1.54) is 11.9 Å². The highest BCUT2D eigenvalue weighted by Crippen LogP contribution is 2.42. The number of aromatic nitrogens is 5. The average Bonchev–Trinajstić information content (AvgIpc) is 3.45. The molecule has 2 aliphatic rings. The lowest BCUT2D eigenvalue weighted by atomic mass is 10.1. The molecule has 31 heavy (non-hydrogen) atoms. The third kappa shape index (κ3) is 3.55. The normalized spacial score (nSPS) is 17.7. The van der Waals surface area contributed by atoms with Crippen molar-refractivity contribution in [1.82, 2.24) is 29.7 Å². The number of hydrogen-bond acceptors (Lipinski definition) is 7. The Labute approximate surface area is 187 Å². The molecule has 1 saturated carbocycles. The monoisotopic (exact) mass is 460 g/mol. The van der Waals surface area contributed by atoms with Gasteiger partial charge in [-0.3, -0.25) is 14.6 Å². The predicted molar refractivity (Wildman–Crippen MR) is 115 cm³/mol. The highest BCUT2D eigenvalue weighted by Gasteiger charge is 2.36. The van der Waals surface area contributed by atoms with Crippen LogP contribution in [0.4, 0.5) is 16.4 Å². The molecule has 1 aliphatic heterocycles. The van der Waals surface area contributed by atoms with Crippen LogP contribution in [0.1, 0.15) is 43.0 Å². The quantitative estimate of drug-likeness (QED) is 0.581. The smallest absolute Gasteiger partial charge is 0.332 e. The Balaban J connectivity index is 1.55. The van der Waals surface area contributed by atoms with Crippen molar-refractivity contribution < 1.29 is 9.59 Å². The van der Waals surface area contributed by atoms with Crippen molar-refractivity contribution in [3.63, 3.8) is 0 Å². The van der Waals surface area contributed by atoms with E-state index in [4.69, 9.17) is 28.3 Å². The SMILES string of the molecule is C[C@@H](Nc1nc(Cl)nnc1Cl)c1cc2cc(C3CC3)cc(N3CC(=O)N(C)C3=O)n2n1. The molecule has 3 amide bonds. The fourth-order valence-corrected chi connectivity index (χ4v) is 3.88. The van der Waals surface area contributed by atoms with Crippen molar-refractivity contribution in [1.29, 1.82) is 0 Å². The largest absolute Gasteiger partial charge is 0.359 e. The van der Waals surface area contributed by atoms with Gasteiger partial charge in [0.1, 0.15) is 12.4 Å². The fourth-order valence-electron chi connectivity index (χ4n) is 3.62. The van der Waals surface area contributed by atoms with Gasteiger partial charge < -0.3 is 5.32 Å². The number of nitrogens with zero attached hydrogens (tertiary/aromatic N) is 7. The van der Waals surface area contributed by atoms with Crippen LogP contribution >= 0.6 is 23.2 Å². The van der Waals surface area contributed by atoms with Crippen LogP contribution in [0.15, 0.2) is 18.2 Å². The number of hydrogen-bond donors (Lipinski definition) is 1. The molecular weight excluding hydrogens is 443 g/mol. The van der Waals surface area contributed by atoms with Crippen molar-refractivity contribution in [3.05, 3.63) is 39.9 Å². The molecule has 5 rings (SSSR count). The Morgan fingerprint density at radius 1 is 1.16 bits per heavy atom. The van der Waals surface area contributed by atoms with E-state index in [2.05, 4.69) is 26.6 Å². The number of fused-ring (bicyclic) bond motifs is 1. The van der Waals surface area contributed by atoms with Crippen molar-refractivity contribution in [2.45, 2.75) is 31.7 Å². The second-order valence-corrected chi connectivity index (χ2v) is 8.43. The van der Waals surface area contributed by atoms with Gasteiger partial charge in [-0.05, 0) is 61.0 Å². The highest BCUT2D eigenvalue weighted by molar-refractivity contribution is 6.32. The number of anilines is 2. The highest BCUT2D eigenvalue weighted by atomic mass is 35.5. The molecule has 0 unspecified atom stereocenters. The summed E-state index contributed by atoms with van der Waals surface area (Å²) in [5.41, 5.74) is 2.67. The molecular formula is C19H18Cl2N8O2. The van der Waals surface area contributed by atoms with E-state index in [0.29, 0.717) is 23.2 Å². The van der Waals surface area contributed by atoms with Gasteiger partial charge in [0.05, 0.1) is 17.3 Å². The van der Waals surface area contributed by atoms with Crippen molar-refractivity contribution in [2.24, 2.45) is 0 Å². The molecule has 3 aromatic heterocycles. The lowest BCUT2D eigenvalue weighted by Gasteiger charge is -2.17. The van der Waals surface area contributed by atoms with Crippen LogP contribution in [0.3, 0.4) is 0 Å². The maximum atomic E-state index is 12.6. The summed E-state index contributed by atoms with van der Waals surface area (Å²) in [6, 6.07) is 5.31. The number of rotatable bonds is 5. The lowest BCUT2D eigenvalue weighted by molar-refractivity contribution is -0.123. The predicted octanol–water partition coefficient (Wildman–Crippen LogP) is 3.28. The Morgan fingerprint density at radius 3 is 2.61 bits per heavy atom. The maximum Gasteiger partial charge on any atom is 0.332 e. The Kier molecular flexibility index (Phi) is 4.71. The zero-order valence-corrected chi connectivity index (χ0v) is 18.2. The molecule has 10 nitrogen and oxygen atoms in total. The van der Waals surface area contributed by atoms with Gasteiger partial charge in [0.15, 0.2) is 11.0 Å². The van der Waals surface area contributed by atoms with Gasteiger partial charge in [-0.25, -0.2) is 9.31 Å². The number of pyridine rings is 1. The number of carbonyl (C=O) groups excluding carboxylic acids is 2. The summed E-state index contributed by atoms with van der Waals surface area (Å²) < 4.78 is 1.69. The van der Waals surface area contributed by atoms with E-state index in [1.807, 2.05) is 19.1 Å². The molecule has 12 heteroatoms. The van der Waals surface area contributed by atoms with Crippen LogP contribution in [0.25, 0.3) is 5.52 Å². The summed E-state index contributed by atoms with van der Waals surface area (Å²) in [6.45, 7) is 1.89.